The molecule has 2 N–H and O–H groups in total. The molecule has 94 valence electrons. The molecule has 0 amide bonds. The largest absolute Gasteiger partial charge is 0.508 e. The molecular formula is C14H13ClFNO. The van der Waals surface area contributed by atoms with Crippen LogP contribution in [0.4, 0.5) is 10.1 Å². The van der Waals surface area contributed by atoms with Gasteiger partial charge in [0.15, 0.2) is 0 Å². The van der Waals surface area contributed by atoms with Gasteiger partial charge in [-0.3, -0.25) is 0 Å². The summed E-state index contributed by atoms with van der Waals surface area (Å²) in [6.07, 6.45) is 0. The number of aromatic hydroxyl groups is 1. The van der Waals surface area contributed by atoms with E-state index < -0.39 is 0 Å². The van der Waals surface area contributed by atoms with Gasteiger partial charge in [-0.15, -0.1) is 0 Å². The summed E-state index contributed by atoms with van der Waals surface area (Å²) in [5.41, 5.74) is 2.29. The molecule has 0 atom stereocenters. The van der Waals surface area contributed by atoms with Crippen molar-refractivity contribution in [2.45, 2.75) is 13.5 Å². The lowest BCUT2D eigenvalue weighted by Gasteiger charge is -2.12. The monoisotopic (exact) mass is 265 g/mol. The van der Waals surface area contributed by atoms with E-state index in [9.17, 15) is 9.50 Å². The van der Waals surface area contributed by atoms with E-state index in [1.807, 2.05) is 19.1 Å². The van der Waals surface area contributed by atoms with Gasteiger partial charge in [-0.2, -0.15) is 0 Å². The summed E-state index contributed by atoms with van der Waals surface area (Å²) in [6, 6.07) is 9.43. The molecule has 18 heavy (non-hydrogen) atoms. The zero-order valence-corrected chi connectivity index (χ0v) is 10.6. The van der Waals surface area contributed by atoms with Crippen molar-refractivity contribution in [1.29, 1.82) is 0 Å². The fourth-order valence-electron chi connectivity index (χ4n) is 1.74. The van der Waals surface area contributed by atoms with E-state index in [-0.39, 0.29) is 11.6 Å². The van der Waals surface area contributed by atoms with Crippen LogP contribution in [0.3, 0.4) is 0 Å². The first kappa shape index (κ1) is 12.7. The molecule has 0 unspecified atom stereocenters. The average Bonchev–Trinajstić information content (AvgIpc) is 2.33. The van der Waals surface area contributed by atoms with E-state index in [4.69, 9.17) is 11.6 Å². The van der Waals surface area contributed by atoms with Crippen molar-refractivity contribution in [3.63, 3.8) is 0 Å². The van der Waals surface area contributed by atoms with Crippen molar-refractivity contribution >= 4 is 17.3 Å². The van der Waals surface area contributed by atoms with Crippen molar-refractivity contribution in [2.75, 3.05) is 5.32 Å². The van der Waals surface area contributed by atoms with Crippen LogP contribution in [-0.2, 0) is 6.54 Å². The Morgan fingerprint density at radius 2 is 2.06 bits per heavy atom. The minimum absolute atomic E-state index is 0.0635. The lowest BCUT2D eigenvalue weighted by molar-refractivity contribution is 0.466. The number of para-hydroxylation sites is 1. The number of phenols is 1. The van der Waals surface area contributed by atoms with Crippen LogP contribution in [0.5, 0.6) is 5.75 Å². The van der Waals surface area contributed by atoms with Crippen LogP contribution in [0, 0.1) is 12.7 Å². The minimum Gasteiger partial charge on any atom is -0.508 e. The lowest BCUT2D eigenvalue weighted by atomic mass is 10.1. The molecule has 4 heteroatoms. The van der Waals surface area contributed by atoms with Gasteiger partial charge >= 0.3 is 0 Å². The number of anilines is 1. The summed E-state index contributed by atoms with van der Waals surface area (Å²) < 4.78 is 13.1. The molecule has 0 spiro atoms. The average molecular weight is 266 g/mol. The zero-order valence-electron chi connectivity index (χ0n) is 9.87. The highest BCUT2D eigenvalue weighted by Gasteiger charge is 2.06. The number of rotatable bonds is 3. The first-order chi connectivity index (χ1) is 8.58. The maximum atomic E-state index is 13.1. The predicted molar refractivity (Wildman–Crippen MR) is 71.6 cm³/mol. The molecule has 2 aromatic rings. The second-order valence-corrected chi connectivity index (χ2v) is 4.47. The van der Waals surface area contributed by atoms with Gasteiger partial charge < -0.3 is 10.4 Å². The van der Waals surface area contributed by atoms with Crippen molar-refractivity contribution in [3.8, 4) is 5.75 Å². The van der Waals surface area contributed by atoms with Gasteiger partial charge in [-0.1, -0.05) is 23.7 Å². The maximum Gasteiger partial charge on any atom is 0.123 e. The second-order valence-electron chi connectivity index (χ2n) is 4.06. The third-order valence-corrected chi connectivity index (χ3v) is 3.03. The Balaban J connectivity index is 2.19. The van der Waals surface area contributed by atoms with Gasteiger partial charge in [0, 0.05) is 12.1 Å². The molecule has 0 aliphatic rings. The highest BCUT2D eigenvalue weighted by Crippen LogP contribution is 2.27. The number of aryl methyl sites for hydroxylation is 1. The summed E-state index contributed by atoms with van der Waals surface area (Å²) in [4.78, 5) is 0. The number of benzene rings is 2. The summed E-state index contributed by atoms with van der Waals surface area (Å²) in [7, 11) is 0. The number of hydrogen-bond acceptors (Lipinski definition) is 2. The normalized spacial score (nSPS) is 10.4. The summed E-state index contributed by atoms with van der Waals surface area (Å²) >= 11 is 6.07. The van der Waals surface area contributed by atoms with Crippen LogP contribution in [0.15, 0.2) is 36.4 Å². The van der Waals surface area contributed by atoms with Crippen LogP contribution in [0.1, 0.15) is 11.1 Å². The second kappa shape index (κ2) is 5.27. The van der Waals surface area contributed by atoms with E-state index in [0.29, 0.717) is 17.1 Å². The molecule has 0 aliphatic carbocycles. The first-order valence-electron chi connectivity index (χ1n) is 5.54. The van der Waals surface area contributed by atoms with Crippen LogP contribution in [0.25, 0.3) is 0 Å². The molecule has 0 fully saturated rings. The summed E-state index contributed by atoms with van der Waals surface area (Å²) in [6.45, 7) is 2.24. The van der Waals surface area contributed by atoms with Crippen LogP contribution in [0.2, 0.25) is 5.02 Å². The van der Waals surface area contributed by atoms with Crippen LogP contribution < -0.4 is 5.32 Å². The van der Waals surface area contributed by atoms with E-state index in [0.717, 1.165) is 11.3 Å². The Labute approximate surface area is 110 Å². The van der Waals surface area contributed by atoms with Gasteiger partial charge in [-0.25, -0.2) is 4.39 Å². The Morgan fingerprint density at radius 1 is 1.28 bits per heavy atom. The molecular weight excluding hydrogens is 253 g/mol. The van der Waals surface area contributed by atoms with Gasteiger partial charge in [-0.05, 0) is 36.8 Å². The standard InChI is InChI=1S/C14H13ClFNO/c1-9-3-2-4-12(15)14(9)17-8-10-7-11(16)5-6-13(10)18/h2-7,17-18H,8H2,1H3. The molecule has 0 bridgehead atoms. The van der Waals surface area contributed by atoms with Gasteiger partial charge in [0.1, 0.15) is 11.6 Å². The molecule has 2 rings (SSSR count). The number of hydrogen-bond donors (Lipinski definition) is 2. The smallest absolute Gasteiger partial charge is 0.123 e. The molecule has 0 heterocycles. The molecule has 0 aliphatic heterocycles. The highest BCUT2D eigenvalue weighted by atomic mass is 35.5. The van der Waals surface area contributed by atoms with Gasteiger partial charge in [0.05, 0.1) is 10.7 Å². The highest BCUT2D eigenvalue weighted by molar-refractivity contribution is 6.33. The third kappa shape index (κ3) is 2.74. The summed E-state index contributed by atoms with van der Waals surface area (Å²) in [5.74, 6) is -0.311. The van der Waals surface area contributed by atoms with Gasteiger partial charge in [0.25, 0.3) is 0 Å². The zero-order chi connectivity index (χ0) is 13.1. The van der Waals surface area contributed by atoms with Crippen molar-refractivity contribution in [3.05, 3.63) is 58.4 Å². The van der Waals surface area contributed by atoms with Gasteiger partial charge in [0.2, 0.25) is 0 Å². The first-order valence-corrected chi connectivity index (χ1v) is 5.92. The molecule has 0 saturated carbocycles. The Hall–Kier alpha value is -1.74. The molecule has 2 aromatic carbocycles. The van der Waals surface area contributed by atoms with E-state index >= 15 is 0 Å². The number of halogens is 2. The SMILES string of the molecule is Cc1cccc(Cl)c1NCc1cc(F)ccc1O. The fraction of sp³-hybridized carbons (Fsp3) is 0.143. The third-order valence-electron chi connectivity index (χ3n) is 2.72. The Bertz CT molecular complexity index is 551. The molecule has 2 nitrogen and oxygen atoms in total. The van der Waals surface area contributed by atoms with Crippen molar-refractivity contribution in [1.82, 2.24) is 0 Å². The molecule has 0 saturated heterocycles. The predicted octanol–water partition coefficient (Wildman–Crippen LogP) is 4.11. The topological polar surface area (TPSA) is 32.3 Å². The van der Waals surface area contributed by atoms with E-state index in [1.54, 1.807) is 6.07 Å². The van der Waals surface area contributed by atoms with Crippen LogP contribution >= 0.6 is 11.6 Å². The quantitative estimate of drug-likeness (QED) is 0.875. The fourth-order valence-corrected chi connectivity index (χ4v) is 2.02. The Morgan fingerprint density at radius 3 is 2.78 bits per heavy atom. The Kier molecular flexibility index (Phi) is 3.72. The van der Waals surface area contributed by atoms with Crippen molar-refractivity contribution in [2.24, 2.45) is 0 Å². The molecule has 0 radical (unpaired) electrons. The van der Waals surface area contributed by atoms with E-state index in [1.165, 1.54) is 18.2 Å². The lowest BCUT2D eigenvalue weighted by Crippen LogP contribution is -2.02. The number of phenolic OH excluding ortho intramolecular Hbond substituents is 1. The van der Waals surface area contributed by atoms with E-state index in [2.05, 4.69) is 5.32 Å². The molecule has 0 aromatic heterocycles. The summed E-state index contributed by atoms with van der Waals surface area (Å²) in [5, 5.41) is 13.3. The van der Waals surface area contributed by atoms with Crippen LogP contribution in [-0.4, -0.2) is 5.11 Å². The van der Waals surface area contributed by atoms with Crippen molar-refractivity contribution < 1.29 is 9.50 Å². The minimum atomic E-state index is -0.375. The number of nitrogens with one attached hydrogen (secondary N) is 1. The maximum absolute atomic E-state index is 13.1.